The molecule has 0 radical (unpaired) electrons. The Bertz CT molecular complexity index is 884. The molecule has 1 aliphatic rings. The van der Waals surface area contributed by atoms with Crippen LogP contribution in [0.2, 0.25) is 0 Å². The molecule has 154 valence electrons. The monoisotopic (exact) mass is 394 g/mol. The fourth-order valence-electron chi connectivity index (χ4n) is 3.74. The number of pyridine rings is 1. The highest BCUT2D eigenvalue weighted by atomic mass is 16.2. The Morgan fingerprint density at radius 2 is 1.55 bits per heavy atom. The number of amides is 2. The molecule has 0 saturated carbocycles. The molecule has 1 fully saturated rings. The van der Waals surface area contributed by atoms with E-state index in [1.807, 2.05) is 18.7 Å². The third-order valence-electron chi connectivity index (χ3n) is 5.72. The first kappa shape index (κ1) is 20.8. The lowest BCUT2D eigenvalue weighted by Crippen LogP contribution is -2.49. The fourth-order valence-corrected chi connectivity index (χ4v) is 3.74. The highest BCUT2D eigenvalue weighted by Crippen LogP contribution is 2.24. The molecule has 0 spiro atoms. The van der Waals surface area contributed by atoms with Gasteiger partial charge in [0.05, 0.1) is 0 Å². The molecule has 1 aromatic carbocycles. The van der Waals surface area contributed by atoms with E-state index in [9.17, 15) is 9.59 Å². The lowest BCUT2D eigenvalue weighted by molar-refractivity contribution is 0.0739. The predicted molar refractivity (Wildman–Crippen MR) is 116 cm³/mol. The van der Waals surface area contributed by atoms with Crippen molar-refractivity contribution in [2.45, 2.75) is 27.7 Å². The van der Waals surface area contributed by atoms with Crippen LogP contribution >= 0.6 is 0 Å². The molecular weight excluding hydrogens is 364 g/mol. The molecule has 2 amide bonds. The standard InChI is InChI=1S/C23H30N4O2/c1-5-25(6-2)22(28)19-10-8-11-20(24-19)23(29)27-15-13-26(14-16-27)21-12-7-9-17(3)18(21)4/h7-12H,5-6,13-16H2,1-4H3. The van der Waals surface area contributed by atoms with Crippen LogP contribution < -0.4 is 4.90 Å². The average Bonchev–Trinajstić information content (AvgIpc) is 2.76. The summed E-state index contributed by atoms with van der Waals surface area (Å²) >= 11 is 0. The van der Waals surface area contributed by atoms with E-state index in [0.717, 1.165) is 13.1 Å². The zero-order chi connectivity index (χ0) is 21.0. The summed E-state index contributed by atoms with van der Waals surface area (Å²) in [5.74, 6) is -0.246. The fraction of sp³-hybridized carbons (Fsp3) is 0.435. The topological polar surface area (TPSA) is 56.8 Å². The number of rotatable bonds is 5. The molecule has 2 heterocycles. The van der Waals surface area contributed by atoms with Crippen molar-refractivity contribution in [1.29, 1.82) is 0 Å². The van der Waals surface area contributed by atoms with Gasteiger partial charge in [0.25, 0.3) is 11.8 Å². The van der Waals surface area contributed by atoms with E-state index in [2.05, 4.69) is 41.9 Å². The van der Waals surface area contributed by atoms with Gasteiger partial charge in [-0.1, -0.05) is 18.2 Å². The van der Waals surface area contributed by atoms with Crippen LogP contribution in [-0.2, 0) is 0 Å². The molecule has 3 rings (SSSR count). The quantitative estimate of drug-likeness (QED) is 0.782. The highest BCUT2D eigenvalue weighted by molar-refractivity contribution is 5.96. The number of nitrogens with zero attached hydrogens (tertiary/aromatic N) is 4. The number of aryl methyl sites for hydroxylation is 1. The van der Waals surface area contributed by atoms with E-state index in [0.29, 0.717) is 37.6 Å². The summed E-state index contributed by atoms with van der Waals surface area (Å²) in [6.45, 7) is 12.2. The Hall–Kier alpha value is -2.89. The summed E-state index contributed by atoms with van der Waals surface area (Å²) in [4.78, 5) is 35.8. The maximum absolute atomic E-state index is 13.0. The number of piperazine rings is 1. The molecular formula is C23H30N4O2. The maximum atomic E-state index is 13.0. The Balaban J connectivity index is 1.69. The number of carbonyl (C=O) groups excluding carboxylic acids is 2. The van der Waals surface area contributed by atoms with Crippen LogP contribution in [-0.4, -0.2) is 65.9 Å². The van der Waals surface area contributed by atoms with Gasteiger partial charge in [0.1, 0.15) is 11.4 Å². The van der Waals surface area contributed by atoms with Crippen LogP contribution in [0.15, 0.2) is 36.4 Å². The molecule has 1 aliphatic heterocycles. The van der Waals surface area contributed by atoms with Crippen LogP contribution in [0.4, 0.5) is 5.69 Å². The molecule has 0 aliphatic carbocycles. The number of aromatic nitrogens is 1. The zero-order valence-corrected chi connectivity index (χ0v) is 17.8. The van der Waals surface area contributed by atoms with Crippen LogP contribution in [0.5, 0.6) is 0 Å². The van der Waals surface area contributed by atoms with Gasteiger partial charge < -0.3 is 14.7 Å². The first-order chi connectivity index (χ1) is 14.0. The normalized spacial score (nSPS) is 14.1. The van der Waals surface area contributed by atoms with E-state index in [-0.39, 0.29) is 11.8 Å². The Morgan fingerprint density at radius 1 is 0.931 bits per heavy atom. The van der Waals surface area contributed by atoms with Crippen LogP contribution in [0.25, 0.3) is 0 Å². The summed E-state index contributed by atoms with van der Waals surface area (Å²) in [6, 6.07) is 11.5. The first-order valence-electron chi connectivity index (χ1n) is 10.3. The lowest BCUT2D eigenvalue weighted by atomic mass is 10.1. The van der Waals surface area contributed by atoms with Crippen molar-refractivity contribution in [3.63, 3.8) is 0 Å². The van der Waals surface area contributed by atoms with Crippen molar-refractivity contribution in [3.8, 4) is 0 Å². The minimum absolute atomic E-state index is 0.111. The summed E-state index contributed by atoms with van der Waals surface area (Å²) < 4.78 is 0. The smallest absolute Gasteiger partial charge is 0.272 e. The second kappa shape index (κ2) is 9.07. The van der Waals surface area contributed by atoms with Gasteiger partial charge in [0.2, 0.25) is 0 Å². The molecule has 1 saturated heterocycles. The second-order valence-corrected chi connectivity index (χ2v) is 7.38. The minimum Gasteiger partial charge on any atom is -0.368 e. The molecule has 0 N–H and O–H groups in total. The summed E-state index contributed by atoms with van der Waals surface area (Å²) in [5, 5.41) is 0. The summed E-state index contributed by atoms with van der Waals surface area (Å²) in [5.41, 5.74) is 4.47. The predicted octanol–water partition coefficient (Wildman–Crippen LogP) is 3.14. The Labute approximate surface area is 173 Å². The summed E-state index contributed by atoms with van der Waals surface area (Å²) in [6.07, 6.45) is 0. The van der Waals surface area contributed by atoms with Crippen molar-refractivity contribution in [2.75, 3.05) is 44.2 Å². The van der Waals surface area contributed by atoms with E-state index >= 15 is 0 Å². The van der Waals surface area contributed by atoms with Gasteiger partial charge in [-0.2, -0.15) is 0 Å². The molecule has 6 nitrogen and oxygen atoms in total. The van der Waals surface area contributed by atoms with Gasteiger partial charge in [-0.3, -0.25) is 9.59 Å². The van der Waals surface area contributed by atoms with E-state index in [4.69, 9.17) is 0 Å². The first-order valence-corrected chi connectivity index (χ1v) is 10.3. The molecule has 29 heavy (non-hydrogen) atoms. The second-order valence-electron chi connectivity index (χ2n) is 7.38. The van der Waals surface area contributed by atoms with Gasteiger partial charge in [0, 0.05) is 45.0 Å². The average molecular weight is 395 g/mol. The molecule has 2 aromatic rings. The molecule has 0 bridgehead atoms. The van der Waals surface area contributed by atoms with Gasteiger partial charge >= 0.3 is 0 Å². The Kier molecular flexibility index (Phi) is 6.52. The third kappa shape index (κ3) is 4.42. The third-order valence-corrected chi connectivity index (χ3v) is 5.72. The molecule has 0 atom stereocenters. The number of carbonyl (C=O) groups is 2. The number of benzene rings is 1. The lowest BCUT2D eigenvalue weighted by Gasteiger charge is -2.37. The van der Waals surface area contributed by atoms with Crippen molar-refractivity contribution in [1.82, 2.24) is 14.8 Å². The van der Waals surface area contributed by atoms with Crippen molar-refractivity contribution in [2.24, 2.45) is 0 Å². The van der Waals surface area contributed by atoms with Crippen molar-refractivity contribution >= 4 is 17.5 Å². The minimum atomic E-state index is -0.135. The zero-order valence-electron chi connectivity index (χ0n) is 17.8. The van der Waals surface area contributed by atoms with E-state index in [1.165, 1.54) is 16.8 Å². The largest absolute Gasteiger partial charge is 0.368 e. The number of anilines is 1. The summed E-state index contributed by atoms with van der Waals surface area (Å²) in [7, 11) is 0. The Morgan fingerprint density at radius 3 is 2.21 bits per heavy atom. The van der Waals surface area contributed by atoms with Crippen LogP contribution in [0.3, 0.4) is 0 Å². The molecule has 1 aromatic heterocycles. The van der Waals surface area contributed by atoms with Crippen LogP contribution in [0, 0.1) is 13.8 Å². The van der Waals surface area contributed by atoms with Crippen LogP contribution in [0.1, 0.15) is 46.0 Å². The van der Waals surface area contributed by atoms with Gasteiger partial charge in [-0.15, -0.1) is 0 Å². The van der Waals surface area contributed by atoms with E-state index < -0.39 is 0 Å². The SMILES string of the molecule is CCN(CC)C(=O)c1cccc(C(=O)N2CCN(c3cccc(C)c3C)CC2)n1. The highest BCUT2D eigenvalue weighted by Gasteiger charge is 2.25. The van der Waals surface area contributed by atoms with Gasteiger partial charge in [0.15, 0.2) is 0 Å². The molecule has 6 heteroatoms. The van der Waals surface area contributed by atoms with Gasteiger partial charge in [-0.05, 0) is 57.0 Å². The van der Waals surface area contributed by atoms with Crippen molar-refractivity contribution < 1.29 is 9.59 Å². The van der Waals surface area contributed by atoms with Gasteiger partial charge in [-0.25, -0.2) is 4.98 Å². The van der Waals surface area contributed by atoms with E-state index in [1.54, 1.807) is 23.1 Å². The number of hydrogen-bond acceptors (Lipinski definition) is 4. The van der Waals surface area contributed by atoms with Crippen molar-refractivity contribution in [3.05, 3.63) is 58.9 Å². The maximum Gasteiger partial charge on any atom is 0.272 e. The molecule has 0 unspecified atom stereocenters. The number of hydrogen-bond donors (Lipinski definition) is 0.